The molecule has 148 valence electrons. The Morgan fingerprint density at radius 3 is 2.67 bits per heavy atom. The molecule has 5 atom stereocenters. The number of hydrogen-bond donors (Lipinski definition) is 6. The van der Waals surface area contributed by atoms with E-state index >= 15 is 0 Å². The zero-order chi connectivity index (χ0) is 19.6. The molecule has 0 saturated carbocycles. The molecule has 3 rings (SSSR count). The van der Waals surface area contributed by atoms with Crippen LogP contribution < -0.4 is 5.32 Å². The number of nitrogens with zero attached hydrogens (tertiary/aromatic N) is 4. The van der Waals surface area contributed by atoms with Gasteiger partial charge in [-0.2, -0.15) is 0 Å². The average Bonchev–Trinajstić information content (AvgIpc) is 3.11. The van der Waals surface area contributed by atoms with Gasteiger partial charge < -0.3 is 35.6 Å². The van der Waals surface area contributed by atoms with Gasteiger partial charge >= 0.3 is 0 Å². The Morgan fingerprint density at radius 2 is 1.96 bits per heavy atom. The summed E-state index contributed by atoms with van der Waals surface area (Å²) in [4.78, 5) is 12.6. The van der Waals surface area contributed by atoms with Gasteiger partial charge in [0.05, 0.1) is 19.5 Å². The van der Waals surface area contributed by atoms with Crippen LogP contribution in [0.3, 0.4) is 0 Å². The molecular formula is C16H23N5O6. The monoisotopic (exact) mass is 381 g/mol. The number of rotatable bonds is 6. The zero-order valence-electron chi connectivity index (χ0n) is 14.7. The summed E-state index contributed by atoms with van der Waals surface area (Å²) in [6.45, 7) is 1.66. The van der Waals surface area contributed by atoms with Crippen LogP contribution in [0.4, 0.5) is 5.82 Å². The van der Waals surface area contributed by atoms with Crippen LogP contribution in [0.15, 0.2) is 24.3 Å². The number of aliphatic hydroxyl groups is 5. The topological polar surface area (TPSA) is 166 Å². The lowest BCUT2D eigenvalue weighted by Gasteiger charge is -2.40. The number of hydrogen-bond acceptors (Lipinski definition) is 10. The maximum absolute atomic E-state index is 10.3. The highest BCUT2D eigenvalue weighted by atomic mass is 16.6. The fraction of sp³-hybridized carbons (Fsp3) is 0.562. The van der Waals surface area contributed by atoms with Crippen molar-refractivity contribution < 1.29 is 30.3 Å². The smallest absolute Gasteiger partial charge is 0.167 e. The van der Waals surface area contributed by atoms with Crippen LogP contribution in [0.5, 0.6) is 0 Å². The van der Waals surface area contributed by atoms with Gasteiger partial charge in [0.25, 0.3) is 0 Å². The number of ether oxygens (including phenoxy) is 1. The molecule has 6 N–H and O–H groups in total. The van der Waals surface area contributed by atoms with Gasteiger partial charge in [-0.3, -0.25) is 4.57 Å². The van der Waals surface area contributed by atoms with Crippen molar-refractivity contribution in [2.45, 2.75) is 37.6 Å². The maximum Gasteiger partial charge on any atom is 0.167 e. The summed E-state index contributed by atoms with van der Waals surface area (Å²) in [5.41, 5.74) is 1.57. The molecule has 0 bridgehead atoms. The van der Waals surface area contributed by atoms with Gasteiger partial charge in [-0.15, -0.1) is 0 Å². The fourth-order valence-corrected chi connectivity index (χ4v) is 2.87. The maximum atomic E-state index is 10.3. The number of aromatic nitrogens is 4. The van der Waals surface area contributed by atoms with E-state index in [4.69, 9.17) is 9.84 Å². The normalized spacial score (nSPS) is 29.3. The fourth-order valence-electron chi connectivity index (χ4n) is 2.87. The van der Waals surface area contributed by atoms with Crippen LogP contribution in [0.25, 0.3) is 11.2 Å². The third-order valence-corrected chi connectivity index (χ3v) is 4.47. The van der Waals surface area contributed by atoms with E-state index in [1.165, 1.54) is 17.2 Å². The first kappa shape index (κ1) is 19.6. The van der Waals surface area contributed by atoms with E-state index in [9.17, 15) is 20.4 Å². The van der Waals surface area contributed by atoms with Gasteiger partial charge in [0.1, 0.15) is 30.7 Å². The van der Waals surface area contributed by atoms with Crippen molar-refractivity contribution >= 4 is 17.0 Å². The summed E-state index contributed by atoms with van der Waals surface area (Å²) in [5, 5.41) is 51.6. The van der Waals surface area contributed by atoms with E-state index in [1.807, 2.05) is 6.08 Å². The Kier molecular flexibility index (Phi) is 5.99. The molecule has 2 aromatic heterocycles. The molecule has 3 heterocycles. The molecule has 1 fully saturated rings. The molecule has 2 aromatic rings. The molecule has 0 aliphatic carbocycles. The van der Waals surface area contributed by atoms with Crippen molar-refractivity contribution in [1.29, 1.82) is 0 Å². The minimum atomic E-state index is -1.50. The predicted octanol–water partition coefficient (Wildman–Crippen LogP) is -1.85. The average molecular weight is 381 g/mol. The van der Waals surface area contributed by atoms with Crippen LogP contribution in [0.2, 0.25) is 0 Å². The molecule has 0 amide bonds. The van der Waals surface area contributed by atoms with Crippen LogP contribution >= 0.6 is 0 Å². The first-order valence-electron chi connectivity index (χ1n) is 8.46. The Bertz CT molecular complexity index is 810. The molecule has 1 aliphatic heterocycles. The summed E-state index contributed by atoms with van der Waals surface area (Å²) in [7, 11) is 0. The largest absolute Gasteiger partial charge is 0.394 e. The summed E-state index contributed by atoms with van der Waals surface area (Å²) >= 11 is 0. The lowest BCUT2D eigenvalue weighted by Crippen LogP contribution is -2.56. The molecule has 1 aliphatic rings. The Morgan fingerprint density at radius 1 is 1.19 bits per heavy atom. The molecule has 0 spiro atoms. The van der Waals surface area contributed by atoms with Crippen LogP contribution in [0, 0.1) is 0 Å². The predicted molar refractivity (Wildman–Crippen MR) is 93.7 cm³/mol. The van der Waals surface area contributed by atoms with Crippen LogP contribution in [-0.2, 0) is 4.74 Å². The molecule has 2 unspecified atom stereocenters. The molecule has 1 saturated heterocycles. The molecule has 11 nitrogen and oxygen atoms in total. The minimum Gasteiger partial charge on any atom is -0.394 e. The van der Waals surface area contributed by atoms with Crippen molar-refractivity contribution in [1.82, 2.24) is 19.5 Å². The minimum absolute atomic E-state index is 0.0351. The Balaban J connectivity index is 1.89. The number of fused-ring (bicyclic) bond motifs is 1. The Labute approximate surface area is 154 Å². The molecule has 0 radical (unpaired) electrons. The number of aliphatic hydroxyl groups excluding tert-OH is 5. The van der Waals surface area contributed by atoms with Gasteiger partial charge in [0.2, 0.25) is 0 Å². The first-order valence-corrected chi connectivity index (χ1v) is 8.46. The van der Waals surface area contributed by atoms with Gasteiger partial charge in [-0.1, -0.05) is 11.6 Å². The van der Waals surface area contributed by atoms with E-state index in [0.717, 1.165) is 5.57 Å². The lowest BCUT2D eigenvalue weighted by atomic mass is 9.98. The highest BCUT2D eigenvalue weighted by Gasteiger charge is 2.44. The van der Waals surface area contributed by atoms with Crippen LogP contribution in [0.1, 0.15) is 13.2 Å². The Hall–Kier alpha value is -2.15. The van der Waals surface area contributed by atoms with E-state index < -0.39 is 37.3 Å². The van der Waals surface area contributed by atoms with Gasteiger partial charge in [0, 0.05) is 6.54 Å². The lowest BCUT2D eigenvalue weighted by molar-refractivity contribution is -0.250. The second-order valence-corrected chi connectivity index (χ2v) is 6.36. The van der Waals surface area contributed by atoms with E-state index in [0.29, 0.717) is 23.5 Å². The van der Waals surface area contributed by atoms with Crippen molar-refractivity contribution in [3.05, 3.63) is 24.3 Å². The zero-order valence-corrected chi connectivity index (χ0v) is 14.7. The van der Waals surface area contributed by atoms with E-state index in [-0.39, 0.29) is 6.61 Å². The highest BCUT2D eigenvalue weighted by Crippen LogP contribution is 2.31. The van der Waals surface area contributed by atoms with E-state index in [1.54, 1.807) is 6.92 Å². The van der Waals surface area contributed by atoms with Crippen molar-refractivity contribution in [2.24, 2.45) is 0 Å². The summed E-state index contributed by atoms with van der Waals surface area (Å²) < 4.78 is 6.96. The van der Waals surface area contributed by atoms with E-state index in [2.05, 4.69) is 20.3 Å². The number of nitrogens with one attached hydrogen (secondary N) is 1. The summed E-state index contributed by atoms with van der Waals surface area (Å²) in [6.07, 6.45) is -2.00. The van der Waals surface area contributed by atoms with Gasteiger partial charge in [-0.05, 0) is 6.92 Å². The number of anilines is 1. The summed E-state index contributed by atoms with van der Waals surface area (Å²) in [5.74, 6) is 0.449. The summed E-state index contributed by atoms with van der Waals surface area (Å²) in [6, 6.07) is 0. The molecule has 0 aromatic carbocycles. The first-order chi connectivity index (χ1) is 13.0. The second kappa shape index (κ2) is 8.25. The SMILES string of the molecule is C/C(=C/CNc1ncnc2c1ncn2C1O[C@H](CO)C(O)[C@H](O)[C@@H]1O)CO. The molecule has 11 heteroatoms. The molecular weight excluding hydrogens is 358 g/mol. The van der Waals surface area contributed by atoms with Crippen molar-refractivity contribution in [2.75, 3.05) is 25.1 Å². The highest BCUT2D eigenvalue weighted by molar-refractivity contribution is 5.82. The quantitative estimate of drug-likeness (QED) is 0.313. The van der Waals surface area contributed by atoms with Crippen molar-refractivity contribution in [3.8, 4) is 0 Å². The van der Waals surface area contributed by atoms with Gasteiger partial charge in [-0.25, -0.2) is 15.0 Å². The molecule has 27 heavy (non-hydrogen) atoms. The standard InChI is InChI=1S/C16H23N5O6/c1-8(4-22)2-3-17-14-10-15(19-6-18-14)21(7-20-10)16-13(26)12(25)11(24)9(5-23)27-16/h2,6-7,9,11-13,16,22-26H,3-5H2,1H3,(H,17,18,19)/b8-2-/t9-,11?,12+,13+,16?/m1/s1. The van der Waals surface area contributed by atoms with Gasteiger partial charge in [0.15, 0.2) is 23.2 Å². The third kappa shape index (κ3) is 3.78. The third-order valence-electron chi connectivity index (χ3n) is 4.47. The number of imidazole rings is 1. The van der Waals surface area contributed by atoms with Crippen LogP contribution in [-0.4, -0.2) is 89.2 Å². The second-order valence-electron chi connectivity index (χ2n) is 6.36. The van der Waals surface area contributed by atoms with Crippen molar-refractivity contribution in [3.63, 3.8) is 0 Å².